The zero-order valence-electron chi connectivity index (χ0n) is 17.6. The van der Waals surface area contributed by atoms with Crippen LogP contribution in [0.4, 0.5) is 0 Å². The maximum Gasteiger partial charge on any atom is 0.191 e. The van der Waals surface area contributed by atoms with Gasteiger partial charge in [-0.15, -0.1) is 24.0 Å². The SMILES string of the molecule is CCNC(=NCC(C)CN1CCN(C)CC1)NCCOCCC(C)C.I. The molecule has 0 aromatic carbocycles. The summed E-state index contributed by atoms with van der Waals surface area (Å²) in [5.41, 5.74) is 0. The minimum absolute atomic E-state index is 0. The maximum absolute atomic E-state index is 5.65. The molecular weight excluding hydrogens is 441 g/mol. The molecule has 1 fully saturated rings. The normalized spacial score (nSPS) is 17.8. The average Bonchev–Trinajstić information content (AvgIpc) is 2.57. The van der Waals surface area contributed by atoms with E-state index in [0.29, 0.717) is 11.8 Å². The lowest BCUT2D eigenvalue weighted by molar-refractivity contribution is 0.128. The number of nitrogens with one attached hydrogen (secondary N) is 2. The van der Waals surface area contributed by atoms with E-state index in [1.165, 1.54) is 26.2 Å². The van der Waals surface area contributed by atoms with Gasteiger partial charge in [-0.1, -0.05) is 20.8 Å². The first-order valence-electron chi connectivity index (χ1n) is 10.0. The first-order valence-corrected chi connectivity index (χ1v) is 10.0. The van der Waals surface area contributed by atoms with E-state index in [4.69, 9.17) is 9.73 Å². The van der Waals surface area contributed by atoms with E-state index in [-0.39, 0.29) is 24.0 Å². The quantitative estimate of drug-likeness (QED) is 0.204. The van der Waals surface area contributed by atoms with Gasteiger partial charge in [0, 0.05) is 59.0 Å². The van der Waals surface area contributed by atoms with E-state index in [1.807, 2.05) is 0 Å². The van der Waals surface area contributed by atoms with E-state index < -0.39 is 0 Å². The molecule has 0 aromatic heterocycles. The Morgan fingerprint density at radius 2 is 1.77 bits per heavy atom. The van der Waals surface area contributed by atoms with Crippen molar-refractivity contribution in [3.63, 3.8) is 0 Å². The summed E-state index contributed by atoms with van der Waals surface area (Å²) in [5, 5.41) is 6.69. The fraction of sp³-hybridized carbons (Fsp3) is 0.947. The topological polar surface area (TPSA) is 52.1 Å². The fourth-order valence-electron chi connectivity index (χ4n) is 2.78. The summed E-state index contributed by atoms with van der Waals surface area (Å²) in [6.45, 7) is 18.8. The number of guanidine groups is 1. The Morgan fingerprint density at radius 1 is 1.08 bits per heavy atom. The molecular formula is C19H42IN5O. The van der Waals surface area contributed by atoms with Crippen molar-refractivity contribution in [2.45, 2.75) is 34.1 Å². The van der Waals surface area contributed by atoms with Crippen LogP contribution in [0.3, 0.4) is 0 Å². The third-order valence-corrected chi connectivity index (χ3v) is 4.45. The molecule has 0 spiro atoms. The monoisotopic (exact) mass is 483 g/mol. The van der Waals surface area contributed by atoms with Crippen molar-refractivity contribution in [2.75, 3.05) is 72.6 Å². The number of hydrogen-bond donors (Lipinski definition) is 2. The highest BCUT2D eigenvalue weighted by molar-refractivity contribution is 14.0. The molecule has 1 saturated heterocycles. The Labute approximate surface area is 178 Å². The molecule has 0 aromatic rings. The highest BCUT2D eigenvalue weighted by atomic mass is 127. The number of halogens is 1. The number of aliphatic imine (C=N–C) groups is 1. The molecule has 1 aliphatic heterocycles. The fourth-order valence-corrected chi connectivity index (χ4v) is 2.78. The Bertz CT molecular complexity index is 360. The van der Waals surface area contributed by atoms with Gasteiger partial charge in [0.25, 0.3) is 0 Å². The minimum Gasteiger partial charge on any atom is -0.380 e. The predicted molar refractivity (Wildman–Crippen MR) is 123 cm³/mol. The van der Waals surface area contributed by atoms with Crippen molar-refractivity contribution in [1.82, 2.24) is 20.4 Å². The standard InChI is InChI=1S/C19H41N5O.HI/c1-6-20-19(21-8-14-25-13-7-17(2)3)22-15-18(4)16-24-11-9-23(5)10-12-24;/h17-18H,6-16H2,1-5H3,(H2,20,21,22);1H. The van der Waals surface area contributed by atoms with Crippen molar-refractivity contribution < 1.29 is 4.74 Å². The van der Waals surface area contributed by atoms with Crippen molar-refractivity contribution in [2.24, 2.45) is 16.8 Å². The summed E-state index contributed by atoms with van der Waals surface area (Å²) in [4.78, 5) is 9.70. The highest BCUT2D eigenvalue weighted by Gasteiger charge is 2.15. The molecule has 0 saturated carbocycles. The molecule has 0 aliphatic carbocycles. The molecule has 0 amide bonds. The van der Waals surface area contributed by atoms with Gasteiger partial charge in [0.15, 0.2) is 5.96 Å². The molecule has 26 heavy (non-hydrogen) atoms. The zero-order valence-corrected chi connectivity index (χ0v) is 19.9. The molecule has 1 aliphatic rings. The van der Waals surface area contributed by atoms with Gasteiger partial charge in [-0.05, 0) is 32.2 Å². The molecule has 1 atom stereocenters. The van der Waals surface area contributed by atoms with Crippen molar-refractivity contribution >= 4 is 29.9 Å². The van der Waals surface area contributed by atoms with Crippen molar-refractivity contribution in [1.29, 1.82) is 0 Å². The second-order valence-corrected chi connectivity index (χ2v) is 7.65. The Balaban J connectivity index is 0.00000625. The lowest BCUT2D eigenvalue weighted by atomic mass is 10.1. The Morgan fingerprint density at radius 3 is 2.38 bits per heavy atom. The van der Waals surface area contributed by atoms with Crippen LogP contribution >= 0.6 is 24.0 Å². The molecule has 1 rings (SSSR count). The van der Waals surface area contributed by atoms with Crippen LogP contribution in [0.5, 0.6) is 0 Å². The van der Waals surface area contributed by atoms with E-state index in [9.17, 15) is 0 Å². The van der Waals surface area contributed by atoms with E-state index in [1.54, 1.807) is 0 Å². The van der Waals surface area contributed by atoms with Gasteiger partial charge in [-0.2, -0.15) is 0 Å². The van der Waals surface area contributed by atoms with Crippen LogP contribution in [0.2, 0.25) is 0 Å². The Hall–Kier alpha value is -0.120. The smallest absolute Gasteiger partial charge is 0.191 e. The molecule has 156 valence electrons. The molecule has 0 radical (unpaired) electrons. The first kappa shape index (κ1) is 25.9. The van der Waals surface area contributed by atoms with Gasteiger partial charge in [0.05, 0.1) is 6.61 Å². The van der Waals surface area contributed by atoms with Gasteiger partial charge < -0.3 is 25.2 Å². The summed E-state index contributed by atoms with van der Waals surface area (Å²) < 4.78 is 5.65. The van der Waals surface area contributed by atoms with E-state index >= 15 is 0 Å². The third-order valence-electron chi connectivity index (χ3n) is 4.45. The number of rotatable bonds is 11. The number of nitrogens with zero attached hydrogens (tertiary/aromatic N) is 3. The molecule has 6 nitrogen and oxygen atoms in total. The Kier molecular flexibility index (Phi) is 15.8. The second kappa shape index (κ2) is 15.9. The van der Waals surface area contributed by atoms with E-state index in [2.05, 4.69) is 55.2 Å². The summed E-state index contributed by atoms with van der Waals surface area (Å²) >= 11 is 0. The van der Waals surface area contributed by atoms with Crippen LogP contribution in [0.25, 0.3) is 0 Å². The van der Waals surface area contributed by atoms with Crippen molar-refractivity contribution in [3.8, 4) is 0 Å². The maximum atomic E-state index is 5.65. The van der Waals surface area contributed by atoms with Crippen molar-refractivity contribution in [3.05, 3.63) is 0 Å². The molecule has 2 N–H and O–H groups in total. The largest absolute Gasteiger partial charge is 0.380 e. The lowest BCUT2D eigenvalue weighted by Crippen LogP contribution is -2.46. The minimum atomic E-state index is 0. The number of piperazine rings is 1. The summed E-state index contributed by atoms with van der Waals surface area (Å²) in [6, 6.07) is 0. The van der Waals surface area contributed by atoms with Gasteiger partial charge in [-0.3, -0.25) is 4.99 Å². The lowest BCUT2D eigenvalue weighted by Gasteiger charge is -2.33. The number of hydrogen-bond acceptors (Lipinski definition) is 4. The predicted octanol–water partition coefficient (Wildman–Crippen LogP) is 2.11. The average molecular weight is 483 g/mol. The zero-order chi connectivity index (χ0) is 18.5. The van der Waals surface area contributed by atoms with Crippen LogP contribution in [0.1, 0.15) is 34.1 Å². The van der Waals surface area contributed by atoms with Gasteiger partial charge in [0.1, 0.15) is 0 Å². The summed E-state index contributed by atoms with van der Waals surface area (Å²) in [6.07, 6.45) is 1.12. The number of likely N-dealkylation sites (N-methyl/N-ethyl adjacent to an activating group) is 1. The van der Waals surface area contributed by atoms with Crippen LogP contribution in [0.15, 0.2) is 4.99 Å². The highest BCUT2D eigenvalue weighted by Crippen LogP contribution is 2.05. The molecule has 0 bridgehead atoms. The third kappa shape index (κ3) is 13.1. The second-order valence-electron chi connectivity index (χ2n) is 7.65. The van der Waals surface area contributed by atoms with Crippen LogP contribution in [-0.4, -0.2) is 88.4 Å². The van der Waals surface area contributed by atoms with Crippen LogP contribution < -0.4 is 10.6 Å². The molecule has 7 heteroatoms. The van der Waals surface area contributed by atoms with E-state index in [0.717, 1.165) is 51.8 Å². The molecule has 1 unspecified atom stereocenters. The van der Waals surface area contributed by atoms with Gasteiger partial charge in [0.2, 0.25) is 0 Å². The van der Waals surface area contributed by atoms with Crippen LogP contribution in [0, 0.1) is 11.8 Å². The summed E-state index contributed by atoms with van der Waals surface area (Å²) in [5.74, 6) is 2.18. The molecule has 1 heterocycles. The van der Waals surface area contributed by atoms with Gasteiger partial charge in [-0.25, -0.2) is 0 Å². The van der Waals surface area contributed by atoms with Crippen LogP contribution in [-0.2, 0) is 4.74 Å². The summed E-state index contributed by atoms with van der Waals surface area (Å²) in [7, 11) is 2.20. The number of ether oxygens (including phenoxy) is 1. The first-order chi connectivity index (χ1) is 12.0. The van der Waals surface area contributed by atoms with Gasteiger partial charge >= 0.3 is 0 Å².